The Bertz CT molecular complexity index is 552. The largest absolute Gasteiger partial charge is 0.395 e. The zero-order valence-electron chi connectivity index (χ0n) is 9.97. The van der Waals surface area contributed by atoms with Gasteiger partial charge in [0.25, 0.3) is 0 Å². The molecule has 0 fully saturated rings. The third-order valence-corrected chi connectivity index (χ3v) is 3.72. The summed E-state index contributed by atoms with van der Waals surface area (Å²) in [6.07, 6.45) is 0.938. The van der Waals surface area contributed by atoms with Crippen LogP contribution < -0.4 is 11.1 Å². The van der Waals surface area contributed by atoms with Crippen molar-refractivity contribution in [2.24, 2.45) is 0 Å². The fourth-order valence-corrected chi connectivity index (χ4v) is 2.66. The summed E-state index contributed by atoms with van der Waals surface area (Å²) in [5.74, 6) is -1.37. The number of aryl methyl sites for hydroxylation is 1. The van der Waals surface area contributed by atoms with E-state index in [1.165, 1.54) is 11.6 Å². The number of anilines is 2. The van der Waals surface area contributed by atoms with Gasteiger partial charge in [0, 0.05) is 17.5 Å². The minimum Gasteiger partial charge on any atom is -0.395 e. The van der Waals surface area contributed by atoms with E-state index in [9.17, 15) is 8.78 Å². The van der Waals surface area contributed by atoms with E-state index >= 15 is 0 Å². The van der Waals surface area contributed by atoms with E-state index in [0.717, 1.165) is 17.4 Å². The molecule has 18 heavy (non-hydrogen) atoms. The lowest BCUT2D eigenvalue weighted by molar-refractivity contribution is 0.587. The second-order valence-electron chi connectivity index (χ2n) is 3.92. The van der Waals surface area contributed by atoms with Crippen LogP contribution in [0.2, 0.25) is 0 Å². The fraction of sp³-hybridized carbons (Fsp3) is 0.231. The molecule has 0 aliphatic carbocycles. The van der Waals surface area contributed by atoms with E-state index in [4.69, 9.17) is 5.73 Å². The average Bonchev–Trinajstić information content (AvgIpc) is 2.79. The monoisotopic (exact) mass is 268 g/mol. The molecule has 2 nitrogen and oxygen atoms in total. The van der Waals surface area contributed by atoms with Gasteiger partial charge in [0.15, 0.2) is 5.82 Å². The Labute approximate surface area is 108 Å². The summed E-state index contributed by atoms with van der Waals surface area (Å²) in [7, 11) is 0. The predicted molar refractivity (Wildman–Crippen MR) is 71.8 cm³/mol. The van der Waals surface area contributed by atoms with Crippen molar-refractivity contribution in [2.45, 2.75) is 19.9 Å². The summed E-state index contributed by atoms with van der Waals surface area (Å²) in [5.41, 5.74) is 7.04. The van der Waals surface area contributed by atoms with Gasteiger partial charge in [-0.3, -0.25) is 0 Å². The maximum atomic E-state index is 13.2. The first-order valence-corrected chi connectivity index (χ1v) is 6.53. The van der Waals surface area contributed by atoms with Crippen LogP contribution >= 0.6 is 11.3 Å². The van der Waals surface area contributed by atoms with E-state index in [1.807, 2.05) is 5.38 Å². The van der Waals surface area contributed by atoms with Crippen LogP contribution in [0, 0.1) is 11.6 Å². The third kappa shape index (κ3) is 2.61. The summed E-state index contributed by atoms with van der Waals surface area (Å²) < 4.78 is 26.3. The molecule has 0 saturated heterocycles. The van der Waals surface area contributed by atoms with Gasteiger partial charge in [-0.1, -0.05) is 6.92 Å². The van der Waals surface area contributed by atoms with Crippen LogP contribution in [0.5, 0.6) is 0 Å². The number of benzene rings is 1. The number of halogens is 2. The Kier molecular flexibility index (Phi) is 3.81. The second kappa shape index (κ2) is 5.35. The van der Waals surface area contributed by atoms with E-state index in [0.29, 0.717) is 12.2 Å². The molecule has 0 atom stereocenters. The molecule has 0 aliphatic rings. The molecule has 0 bridgehead atoms. The lowest BCUT2D eigenvalue weighted by Crippen LogP contribution is -2.05. The van der Waals surface area contributed by atoms with E-state index in [1.54, 1.807) is 11.3 Å². The lowest BCUT2D eigenvalue weighted by Gasteiger charge is -2.10. The standard InChI is InChI=1S/C13H14F2N2S/c1-2-8-3-4-18-12(8)7-17-11-6-9(14)5-10(15)13(11)16/h3-6,17H,2,7,16H2,1H3. The maximum Gasteiger partial charge on any atom is 0.151 e. The Morgan fingerprint density at radius 2 is 2.11 bits per heavy atom. The number of hydrogen-bond donors (Lipinski definition) is 2. The average molecular weight is 268 g/mol. The maximum absolute atomic E-state index is 13.2. The molecule has 0 spiro atoms. The minimum atomic E-state index is -0.737. The summed E-state index contributed by atoms with van der Waals surface area (Å²) in [6.45, 7) is 2.59. The van der Waals surface area contributed by atoms with Crippen molar-refractivity contribution in [1.29, 1.82) is 0 Å². The minimum absolute atomic E-state index is 0.0500. The van der Waals surface area contributed by atoms with Crippen LogP contribution in [0.15, 0.2) is 23.6 Å². The highest BCUT2D eigenvalue weighted by atomic mass is 32.1. The number of nitrogen functional groups attached to an aromatic ring is 1. The van der Waals surface area contributed by atoms with Crippen molar-refractivity contribution < 1.29 is 8.78 Å². The van der Waals surface area contributed by atoms with Crippen molar-refractivity contribution in [2.75, 3.05) is 11.1 Å². The van der Waals surface area contributed by atoms with Gasteiger partial charge in [0.1, 0.15) is 5.82 Å². The highest BCUT2D eigenvalue weighted by Crippen LogP contribution is 2.25. The van der Waals surface area contributed by atoms with Crippen LogP contribution in [0.4, 0.5) is 20.2 Å². The van der Waals surface area contributed by atoms with E-state index in [-0.39, 0.29) is 5.69 Å². The number of hydrogen-bond acceptors (Lipinski definition) is 3. The summed E-state index contributed by atoms with van der Waals surface area (Å²) >= 11 is 1.62. The molecular weight excluding hydrogens is 254 g/mol. The molecule has 0 unspecified atom stereocenters. The van der Waals surface area contributed by atoms with Gasteiger partial charge in [-0.25, -0.2) is 8.78 Å². The zero-order valence-corrected chi connectivity index (χ0v) is 10.8. The summed E-state index contributed by atoms with van der Waals surface area (Å²) in [4.78, 5) is 1.15. The number of rotatable bonds is 4. The molecule has 1 aromatic carbocycles. The van der Waals surface area contributed by atoms with Crippen LogP contribution in [-0.4, -0.2) is 0 Å². The van der Waals surface area contributed by atoms with Gasteiger partial charge in [0.05, 0.1) is 11.4 Å². The van der Waals surface area contributed by atoms with Gasteiger partial charge in [-0.05, 0) is 29.5 Å². The topological polar surface area (TPSA) is 38.0 Å². The van der Waals surface area contributed by atoms with Crippen molar-refractivity contribution in [3.63, 3.8) is 0 Å². The fourth-order valence-electron chi connectivity index (χ4n) is 1.74. The van der Waals surface area contributed by atoms with Gasteiger partial charge in [-0.2, -0.15) is 0 Å². The molecule has 0 radical (unpaired) electrons. The molecule has 2 rings (SSSR count). The molecule has 96 valence electrons. The lowest BCUT2D eigenvalue weighted by atomic mass is 10.2. The quantitative estimate of drug-likeness (QED) is 0.828. The van der Waals surface area contributed by atoms with Crippen LogP contribution in [0.3, 0.4) is 0 Å². The number of nitrogens with one attached hydrogen (secondary N) is 1. The van der Waals surface area contributed by atoms with Crippen LogP contribution in [0.1, 0.15) is 17.4 Å². The Hall–Kier alpha value is -1.62. The molecule has 1 heterocycles. The highest BCUT2D eigenvalue weighted by Gasteiger charge is 2.09. The second-order valence-corrected chi connectivity index (χ2v) is 4.93. The van der Waals surface area contributed by atoms with Crippen molar-refractivity contribution >= 4 is 22.7 Å². The first-order valence-electron chi connectivity index (χ1n) is 5.65. The van der Waals surface area contributed by atoms with Gasteiger partial charge in [-0.15, -0.1) is 11.3 Å². The van der Waals surface area contributed by atoms with Crippen molar-refractivity contribution in [3.05, 3.63) is 45.7 Å². The highest BCUT2D eigenvalue weighted by molar-refractivity contribution is 7.10. The smallest absolute Gasteiger partial charge is 0.151 e. The van der Waals surface area contributed by atoms with Crippen LogP contribution in [-0.2, 0) is 13.0 Å². The van der Waals surface area contributed by atoms with Gasteiger partial charge >= 0.3 is 0 Å². The van der Waals surface area contributed by atoms with Gasteiger partial charge < -0.3 is 11.1 Å². The van der Waals surface area contributed by atoms with E-state index in [2.05, 4.69) is 18.3 Å². The zero-order chi connectivity index (χ0) is 13.1. The molecule has 0 saturated carbocycles. The Morgan fingerprint density at radius 1 is 1.33 bits per heavy atom. The van der Waals surface area contributed by atoms with Crippen molar-refractivity contribution in [1.82, 2.24) is 0 Å². The molecule has 0 aliphatic heterocycles. The first-order chi connectivity index (χ1) is 8.61. The number of thiophene rings is 1. The number of nitrogens with two attached hydrogens (primary N) is 1. The Morgan fingerprint density at radius 3 is 2.83 bits per heavy atom. The third-order valence-electron chi connectivity index (χ3n) is 2.75. The molecule has 1 aromatic heterocycles. The molecule has 5 heteroatoms. The molecule has 0 amide bonds. The summed E-state index contributed by atoms with van der Waals surface area (Å²) in [5, 5.41) is 4.98. The first kappa shape index (κ1) is 12.8. The molecule has 3 N–H and O–H groups in total. The van der Waals surface area contributed by atoms with Crippen molar-refractivity contribution in [3.8, 4) is 0 Å². The molecular formula is C13H14F2N2S. The predicted octanol–water partition coefficient (Wildman–Crippen LogP) is 3.78. The molecule has 2 aromatic rings. The van der Waals surface area contributed by atoms with Gasteiger partial charge in [0.2, 0.25) is 0 Å². The van der Waals surface area contributed by atoms with Crippen LogP contribution in [0.25, 0.3) is 0 Å². The SMILES string of the molecule is CCc1ccsc1CNc1cc(F)cc(F)c1N. The normalized spacial score (nSPS) is 10.6. The van der Waals surface area contributed by atoms with E-state index < -0.39 is 11.6 Å². The Balaban J connectivity index is 2.16. The summed E-state index contributed by atoms with van der Waals surface area (Å²) in [6, 6.07) is 4.04.